The van der Waals surface area contributed by atoms with Crippen molar-refractivity contribution in [2.75, 3.05) is 6.54 Å². The molecule has 1 aromatic heterocycles. The normalized spacial score (nSPS) is 14.7. The van der Waals surface area contributed by atoms with Gasteiger partial charge < -0.3 is 15.5 Å². The third-order valence-electron chi connectivity index (χ3n) is 2.56. The van der Waals surface area contributed by atoms with E-state index in [4.69, 9.17) is 5.11 Å². The van der Waals surface area contributed by atoms with Crippen LogP contribution in [0.15, 0.2) is 0 Å². The first-order valence-electron chi connectivity index (χ1n) is 6.16. The fraction of sp³-hybridized carbons (Fsp3) is 0.667. The van der Waals surface area contributed by atoms with Gasteiger partial charge >= 0.3 is 5.97 Å². The van der Waals surface area contributed by atoms with Crippen LogP contribution in [-0.2, 0) is 10.2 Å². The number of aromatic nitrogens is 3. The first-order valence-corrected chi connectivity index (χ1v) is 6.16. The average molecular weight is 284 g/mol. The van der Waals surface area contributed by atoms with Crippen LogP contribution in [0.5, 0.6) is 0 Å². The number of carbonyl (C=O) groups is 2. The molecule has 0 bridgehead atoms. The lowest BCUT2D eigenvalue weighted by Crippen LogP contribution is -2.42. The highest BCUT2D eigenvalue weighted by Gasteiger charge is 2.26. The largest absolute Gasteiger partial charge is 0.481 e. The number of rotatable bonds is 5. The van der Waals surface area contributed by atoms with E-state index in [1.807, 2.05) is 20.8 Å². The van der Waals surface area contributed by atoms with E-state index in [1.54, 1.807) is 0 Å². The first-order chi connectivity index (χ1) is 9.01. The van der Waals surface area contributed by atoms with E-state index < -0.39 is 23.9 Å². The maximum Gasteiger partial charge on any atom is 0.306 e. The minimum Gasteiger partial charge on any atom is -0.481 e. The van der Waals surface area contributed by atoms with Crippen molar-refractivity contribution in [2.45, 2.75) is 45.1 Å². The summed E-state index contributed by atoms with van der Waals surface area (Å²) in [5.74, 6) is -1.18. The Bertz CT molecular complexity index is 502. The SMILES string of the molecule is CC(O)(CNC(=O)c1n[nH]c(C(C)(C)C)n1)CC(=O)O. The average Bonchev–Trinajstić information content (AvgIpc) is 2.72. The molecule has 0 saturated carbocycles. The van der Waals surface area contributed by atoms with Crippen LogP contribution in [0.2, 0.25) is 0 Å². The molecule has 1 amide bonds. The quantitative estimate of drug-likeness (QED) is 0.605. The number of nitrogens with zero attached hydrogens (tertiary/aromatic N) is 2. The number of hydrogen-bond donors (Lipinski definition) is 4. The zero-order valence-corrected chi connectivity index (χ0v) is 12.0. The number of aliphatic hydroxyl groups is 1. The topological polar surface area (TPSA) is 128 Å². The van der Waals surface area contributed by atoms with E-state index in [2.05, 4.69) is 20.5 Å². The number of hydrogen-bond acceptors (Lipinski definition) is 5. The van der Waals surface area contributed by atoms with Crippen molar-refractivity contribution in [3.63, 3.8) is 0 Å². The van der Waals surface area contributed by atoms with Crippen molar-refractivity contribution < 1.29 is 19.8 Å². The predicted molar refractivity (Wildman–Crippen MR) is 70.3 cm³/mol. The molecule has 8 nitrogen and oxygen atoms in total. The Morgan fingerprint density at radius 3 is 2.35 bits per heavy atom. The van der Waals surface area contributed by atoms with Gasteiger partial charge in [-0.15, -0.1) is 5.10 Å². The van der Waals surface area contributed by atoms with Gasteiger partial charge in [0.1, 0.15) is 5.82 Å². The maximum absolute atomic E-state index is 11.8. The van der Waals surface area contributed by atoms with Crippen LogP contribution in [0, 0.1) is 0 Å². The van der Waals surface area contributed by atoms with E-state index in [-0.39, 0.29) is 17.8 Å². The zero-order chi connectivity index (χ0) is 15.6. The number of aliphatic carboxylic acids is 1. The van der Waals surface area contributed by atoms with Crippen molar-refractivity contribution >= 4 is 11.9 Å². The van der Waals surface area contributed by atoms with Crippen molar-refractivity contribution in [1.29, 1.82) is 0 Å². The molecule has 1 heterocycles. The highest BCUT2D eigenvalue weighted by Crippen LogP contribution is 2.17. The van der Waals surface area contributed by atoms with E-state index in [0.717, 1.165) is 0 Å². The minimum atomic E-state index is -1.52. The summed E-state index contributed by atoms with van der Waals surface area (Å²) in [7, 11) is 0. The summed E-state index contributed by atoms with van der Waals surface area (Å²) in [6.45, 7) is 6.91. The molecule has 4 N–H and O–H groups in total. The lowest BCUT2D eigenvalue weighted by molar-refractivity contribution is -0.141. The molecule has 8 heteroatoms. The molecule has 0 aliphatic carbocycles. The van der Waals surface area contributed by atoms with Crippen LogP contribution in [0.25, 0.3) is 0 Å². The molecule has 0 saturated heterocycles. The number of nitrogens with one attached hydrogen (secondary N) is 2. The summed E-state index contributed by atoms with van der Waals surface area (Å²) < 4.78 is 0. The first kappa shape index (κ1) is 16.1. The van der Waals surface area contributed by atoms with Crippen LogP contribution >= 0.6 is 0 Å². The monoisotopic (exact) mass is 284 g/mol. The summed E-state index contributed by atoms with van der Waals surface area (Å²) in [5.41, 5.74) is -1.79. The zero-order valence-electron chi connectivity index (χ0n) is 12.0. The van der Waals surface area contributed by atoms with Gasteiger partial charge in [-0.2, -0.15) is 0 Å². The lowest BCUT2D eigenvalue weighted by Gasteiger charge is -2.20. The molecule has 0 fully saturated rings. The summed E-state index contributed by atoms with van der Waals surface area (Å²) in [5, 5.41) is 27.3. The predicted octanol–water partition coefficient (Wildman–Crippen LogP) is 0.0577. The number of H-pyrrole nitrogens is 1. The van der Waals surface area contributed by atoms with Crippen LogP contribution in [-0.4, -0.2) is 49.4 Å². The van der Waals surface area contributed by atoms with Gasteiger partial charge in [-0.25, -0.2) is 4.98 Å². The van der Waals surface area contributed by atoms with Gasteiger partial charge in [-0.1, -0.05) is 20.8 Å². The molecule has 1 rings (SSSR count). The molecule has 0 aliphatic rings. The molecule has 1 atom stereocenters. The molecule has 1 aromatic rings. The fourth-order valence-electron chi connectivity index (χ4n) is 1.44. The number of aromatic amines is 1. The van der Waals surface area contributed by atoms with Gasteiger partial charge in [-0.05, 0) is 6.92 Å². The van der Waals surface area contributed by atoms with E-state index in [0.29, 0.717) is 5.82 Å². The summed E-state index contributed by atoms with van der Waals surface area (Å²) >= 11 is 0. The Labute approximate surface area is 116 Å². The maximum atomic E-state index is 11.8. The third kappa shape index (κ3) is 4.61. The molecule has 0 aromatic carbocycles. The van der Waals surface area contributed by atoms with E-state index in [9.17, 15) is 14.7 Å². The van der Waals surface area contributed by atoms with E-state index >= 15 is 0 Å². The Hall–Kier alpha value is -1.96. The second-order valence-electron chi connectivity index (χ2n) is 6.01. The fourth-order valence-corrected chi connectivity index (χ4v) is 1.44. The lowest BCUT2D eigenvalue weighted by atomic mass is 9.96. The van der Waals surface area contributed by atoms with Gasteiger partial charge in [-0.3, -0.25) is 14.7 Å². The Morgan fingerprint density at radius 1 is 1.30 bits per heavy atom. The molecular weight excluding hydrogens is 264 g/mol. The van der Waals surface area contributed by atoms with Gasteiger partial charge in [0.15, 0.2) is 0 Å². The summed E-state index contributed by atoms with van der Waals surface area (Å²) in [4.78, 5) is 26.4. The number of carboxylic acids is 1. The second-order valence-corrected chi connectivity index (χ2v) is 6.01. The molecule has 0 radical (unpaired) electrons. The Kier molecular flexibility index (Phi) is 4.49. The molecule has 1 unspecified atom stereocenters. The molecular formula is C12H20N4O4. The van der Waals surface area contributed by atoms with E-state index in [1.165, 1.54) is 6.92 Å². The third-order valence-corrected chi connectivity index (χ3v) is 2.56. The van der Waals surface area contributed by atoms with Crippen LogP contribution in [0.3, 0.4) is 0 Å². The standard InChI is InChI=1S/C12H20N4O4/c1-11(2,3)10-14-8(15-16-10)9(19)13-6-12(4,20)5-7(17)18/h20H,5-6H2,1-4H3,(H,13,19)(H,17,18)(H,14,15,16). The van der Waals surface area contributed by atoms with Gasteiger partial charge in [0, 0.05) is 12.0 Å². The number of carbonyl (C=O) groups excluding carboxylic acids is 1. The highest BCUT2D eigenvalue weighted by atomic mass is 16.4. The molecule has 0 spiro atoms. The highest BCUT2D eigenvalue weighted by molar-refractivity contribution is 5.90. The van der Waals surface area contributed by atoms with Crippen LogP contribution in [0.1, 0.15) is 50.6 Å². The molecule has 112 valence electrons. The second kappa shape index (κ2) is 5.58. The molecule has 20 heavy (non-hydrogen) atoms. The Morgan fingerprint density at radius 2 is 1.90 bits per heavy atom. The molecule has 0 aliphatic heterocycles. The minimum absolute atomic E-state index is 0.0407. The number of amides is 1. The van der Waals surface area contributed by atoms with Crippen molar-refractivity contribution in [3.05, 3.63) is 11.6 Å². The number of carboxylic acid groups (broad SMARTS) is 1. The van der Waals surface area contributed by atoms with Gasteiger partial charge in [0.2, 0.25) is 5.82 Å². The Balaban J connectivity index is 2.64. The van der Waals surface area contributed by atoms with Gasteiger partial charge in [0.05, 0.1) is 12.0 Å². The van der Waals surface area contributed by atoms with Crippen molar-refractivity contribution in [2.24, 2.45) is 0 Å². The van der Waals surface area contributed by atoms with Crippen molar-refractivity contribution in [1.82, 2.24) is 20.5 Å². The summed E-state index contributed by atoms with van der Waals surface area (Å²) in [6, 6.07) is 0. The smallest absolute Gasteiger partial charge is 0.306 e. The summed E-state index contributed by atoms with van der Waals surface area (Å²) in [6.07, 6.45) is -0.464. The van der Waals surface area contributed by atoms with Crippen LogP contribution in [0.4, 0.5) is 0 Å². The van der Waals surface area contributed by atoms with Crippen molar-refractivity contribution in [3.8, 4) is 0 Å². The van der Waals surface area contributed by atoms with Crippen LogP contribution < -0.4 is 5.32 Å². The van der Waals surface area contributed by atoms with Gasteiger partial charge in [0.25, 0.3) is 5.91 Å².